The van der Waals surface area contributed by atoms with Crippen LogP contribution < -0.4 is 5.32 Å². The first kappa shape index (κ1) is 14.3. The lowest BCUT2D eigenvalue weighted by atomic mass is 10.2. The van der Waals surface area contributed by atoms with E-state index in [4.69, 9.17) is 0 Å². The first-order valence-electron chi connectivity index (χ1n) is 7.33. The molecule has 1 fully saturated rings. The zero-order valence-electron chi connectivity index (χ0n) is 12.4. The van der Waals surface area contributed by atoms with Crippen molar-refractivity contribution in [3.63, 3.8) is 0 Å². The largest absolute Gasteiger partial charge is 0.331 e. The normalized spacial score (nSPS) is 17.5. The molecule has 114 valence electrons. The van der Waals surface area contributed by atoms with E-state index in [2.05, 4.69) is 10.4 Å². The number of nitrogens with one attached hydrogen (secondary N) is 1. The molecule has 1 aliphatic heterocycles. The Kier molecular flexibility index (Phi) is 3.91. The Morgan fingerprint density at radius 3 is 2.68 bits per heavy atom. The molecular weight excluding hydrogens is 280 g/mol. The zero-order chi connectivity index (χ0) is 15.5. The summed E-state index contributed by atoms with van der Waals surface area (Å²) >= 11 is 0. The molecule has 0 saturated carbocycles. The number of hydrogen-bond acceptors (Lipinski definition) is 3. The van der Waals surface area contributed by atoms with E-state index in [-0.39, 0.29) is 17.9 Å². The van der Waals surface area contributed by atoms with Gasteiger partial charge in [0, 0.05) is 31.5 Å². The summed E-state index contributed by atoms with van der Waals surface area (Å²) in [6.45, 7) is 2.16. The third-order valence-electron chi connectivity index (χ3n) is 3.86. The average molecular weight is 298 g/mol. The molecule has 2 heterocycles. The quantitative estimate of drug-likeness (QED) is 0.940. The van der Waals surface area contributed by atoms with Gasteiger partial charge in [0.05, 0.1) is 5.69 Å². The SMILES string of the molecule is CC(=O)N1CCCC1C(=O)Nc1ccc(-n2cccn2)cc1. The minimum absolute atomic E-state index is 0.0494. The van der Waals surface area contributed by atoms with Gasteiger partial charge in [-0.15, -0.1) is 0 Å². The van der Waals surface area contributed by atoms with Gasteiger partial charge < -0.3 is 10.2 Å². The van der Waals surface area contributed by atoms with Crippen molar-refractivity contribution >= 4 is 17.5 Å². The summed E-state index contributed by atoms with van der Waals surface area (Å²) in [6.07, 6.45) is 5.16. The standard InChI is InChI=1S/C16H18N4O2/c1-12(21)19-10-2-4-15(19)16(22)18-13-5-7-14(8-6-13)20-11-3-9-17-20/h3,5-9,11,15H,2,4,10H2,1H3,(H,18,22). The predicted molar refractivity (Wildman–Crippen MR) is 82.6 cm³/mol. The molecule has 0 spiro atoms. The summed E-state index contributed by atoms with van der Waals surface area (Å²) in [5.74, 6) is -0.175. The van der Waals surface area contributed by atoms with Crippen LogP contribution in [-0.4, -0.2) is 39.1 Å². The second kappa shape index (κ2) is 6.01. The zero-order valence-corrected chi connectivity index (χ0v) is 12.4. The molecule has 6 heteroatoms. The van der Waals surface area contributed by atoms with Gasteiger partial charge in [-0.1, -0.05) is 0 Å². The molecule has 1 atom stereocenters. The molecule has 22 heavy (non-hydrogen) atoms. The lowest BCUT2D eigenvalue weighted by molar-refractivity contribution is -0.134. The lowest BCUT2D eigenvalue weighted by Gasteiger charge is -2.22. The number of benzene rings is 1. The molecule has 0 bridgehead atoms. The molecule has 1 saturated heterocycles. The van der Waals surface area contributed by atoms with Crippen molar-refractivity contribution in [2.24, 2.45) is 0 Å². The van der Waals surface area contributed by atoms with E-state index < -0.39 is 0 Å². The van der Waals surface area contributed by atoms with E-state index in [0.29, 0.717) is 6.54 Å². The number of rotatable bonds is 3. The van der Waals surface area contributed by atoms with Gasteiger partial charge >= 0.3 is 0 Å². The number of carbonyl (C=O) groups excluding carboxylic acids is 2. The Morgan fingerprint density at radius 1 is 1.27 bits per heavy atom. The summed E-state index contributed by atoms with van der Waals surface area (Å²) in [5.41, 5.74) is 1.64. The molecule has 1 aliphatic rings. The lowest BCUT2D eigenvalue weighted by Crippen LogP contribution is -2.42. The third-order valence-corrected chi connectivity index (χ3v) is 3.86. The monoisotopic (exact) mass is 298 g/mol. The maximum absolute atomic E-state index is 12.3. The fourth-order valence-electron chi connectivity index (χ4n) is 2.76. The van der Waals surface area contributed by atoms with Crippen LogP contribution in [0.5, 0.6) is 0 Å². The van der Waals surface area contributed by atoms with Crippen molar-refractivity contribution < 1.29 is 9.59 Å². The maximum Gasteiger partial charge on any atom is 0.247 e. The highest BCUT2D eigenvalue weighted by molar-refractivity contribution is 5.97. The number of carbonyl (C=O) groups is 2. The van der Waals surface area contributed by atoms with Gasteiger partial charge in [-0.05, 0) is 43.2 Å². The van der Waals surface area contributed by atoms with Crippen molar-refractivity contribution in [3.05, 3.63) is 42.7 Å². The van der Waals surface area contributed by atoms with Crippen LogP contribution in [0, 0.1) is 0 Å². The summed E-state index contributed by atoms with van der Waals surface area (Å²) in [4.78, 5) is 25.5. The first-order chi connectivity index (χ1) is 10.6. The molecule has 0 radical (unpaired) electrons. The summed E-state index contributed by atoms with van der Waals surface area (Å²) in [7, 11) is 0. The molecule has 1 N–H and O–H groups in total. The Bertz CT molecular complexity index is 664. The number of aromatic nitrogens is 2. The fraction of sp³-hybridized carbons (Fsp3) is 0.312. The molecule has 2 amide bonds. The fourth-order valence-corrected chi connectivity index (χ4v) is 2.76. The van der Waals surface area contributed by atoms with E-state index in [1.54, 1.807) is 15.8 Å². The molecule has 3 rings (SSSR count). The third kappa shape index (κ3) is 2.86. The summed E-state index contributed by atoms with van der Waals surface area (Å²) < 4.78 is 1.75. The van der Waals surface area contributed by atoms with Gasteiger partial charge in [0.25, 0.3) is 0 Å². The topological polar surface area (TPSA) is 67.2 Å². The van der Waals surface area contributed by atoms with Crippen LogP contribution in [0.4, 0.5) is 5.69 Å². The van der Waals surface area contributed by atoms with Crippen LogP contribution >= 0.6 is 0 Å². The van der Waals surface area contributed by atoms with Crippen LogP contribution in [0.2, 0.25) is 0 Å². The van der Waals surface area contributed by atoms with Crippen molar-refractivity contribution in [3.8, 4) is 5.69 Å². The van der Waals surface area contributed by atoms with Crippen LogP contribution in [0.3, 0.4) is 0 Å². The smallest absolute Gasteiger partial charge is 0.247 e. The minimum atomic E-state index is -0.358. The minimum Gasteiger partial charge on any atom is -0.331 e. The van der Waals surface area contributed by atoms with Crippen LogP contribution in [0.25, 0.3) is 5.69 Å². The van der Waals surface area contributed by atoms with Gasteiger partial charge in [-0.3, -0.25) is 9.59 Å². The van der Waals surface area contributed by atoms with E-state index in [1.807, 2.05) is 36.5 Å². The molecule has 1 aromatic heterocycles. The molecule has 1 aromatic carbocycles. The van der Waals surface area contributed by atoms with Crippen LogP contribution in [0.1, 0.15) is 19.8 Å². The Hall–Kier alpha value is -2.63. The van der Waals surface area contributed by atoms with Gasteiger partial charge in [-0.25, -0.2) is 4.68 Å². The van der Waals surface area contributed by atoms with E-state index >= 15 is 0 Å². The van der Waals surface area contributed by atoms with Crippen molar-refractivity contribution in [2.45, 2.75) is 25.8 Å². The van der Waals surface area contributed by atoms with Gasteiger partial charge in [0.2, 0.25) is 11.8 Å². The number of likely N-dealkylation sites (tertiary alicyclic amines) is 1. The Labute approximate surface area is 128 Å². The molecule has 0 aliphatic carbocycles. The van der Waals surface area contributed by atoms with Crippen molar-refractivity contribution in [1.29, 1.82) is 0 Å². The maximum atomic E-state index is 12.3. The van der Waals surface area contributed by atoms with E-state index in [9.17, 15) is 9.59 Å². The van der Waals surface area contributed by atoms with E-state index in [0.717, 1.165) is 24.2 Å². The second-order valence-corrected chi connectivity index (χ2v) is 5.36. The van der Waals surface area contributed by atoms with Gasteiger partial charge in [-0.2, -0.15) is 5.10 Å². The van der Waals surface area contributed by atoms with Crippen molar-refractivity contribution in [2.75, 3.05) is 11.9 Å². The van der Waals surface area contributed by atoms with Gasteiger partial charge in [0.15, 0.2) is 0 Å². The summed E-state index contributed by atoms with van der Waals surface area (Å²) in [5, 5.41) is 7.03. The van der Waals surface area contributed by atoms with Crippen LogP contribution in [0.15, 0.2) is 42.7 Å². The highest BCUT2D eigenvalue weighted by atomic mass is 16.2. The highest BCUT2D eigenvalue weighted by Gasteiger charge is 2.32. The van der Waals surface area contributed by atoms with Gasteiger partial charge in [0.1, 0.15) is 6.04 Å². The second-order valence-electron chi connectivity index (χ2n) is 5.36. The summed E-state index contributed by atoms with van der Waals surface area (Å²) in [6, 6.07) is 8.94. The Morgan fingerprint density at radius 2 is 2.05 bits per heavy atom. The highest BCUT2D eigenvalue weighted by Crippen LogP contribution is 2.20. The van der Waals surface area contributed by atoms with Crippen molar-refractivity contribution in [1.82, 2.24) is 14.7 Å². The predicted octanol–water partition coefficient (Wildman–Crippen LogP) is 1.82. The average Bonchev–Trinajstić information content (AvgIpc) is 3.19. The number of anilines is 1. The van der Waals surface area contributed by atoms with Crippen LogP contribution in [-0.2, 0) is 9.59 Å². The number of hydrogen-bond donors (Lipinski definition) is 1. The molecule has 2 aromatic rings. The van der Waals surface area contributed by atoms with E-state index in [1.165, 1.54) is 6.92 Å². The number of amides is 2. The number of nitrogens with zero attached hydrogens (tertiary/aromatic N) is 3. The Balaban J connectivity index is 1.68. The molecule has 6 nitrogen and oxygen atoms in total. The molecule has 1 unspecified atom stereocenters. The molecular formula is C16H18N4O2. The first-order valence-corrected chi connectivity index (χ1v) is 7.33.